The predicted molar refractivity (Wildman–Crippen MR) is 150 cm³/mol. The van der Waals surface area contributed by atoms with Crippen LogP contribution < -0.4 is 33.1 Å². The second-order valence-electron chi connectivity index (χ2n) is 11.7. The Morgan fingerprint density at radius 2 is 1.95 bits per heavy atom. The van der Waals surface area contributed by atoms with Crippen molar-refractivity contribution in [1.29, 1.82) is 0 Å². The Bertz CT molecular complexity index is 1290. The minimum Gasteiger partial charge on any atom is -0.328 e. The Labute approximate surface area is 228 Å². The number of nitrogens with one attached hydrogen (secondary N) is 3. The summed E-state index contributed by atoms with van der Waals surface area (Å²) in [7, 11) is 0. The Morgan fingerprint density at radius 1 is 1.13 bits per heavy atom. The Hall–Kier alpha value is -3.12. The molecule has 39 heavy (non-hydrogen) atoms. The first-order valence-electron chi connectivity index (χ1n) is 13.9. The van der Waals surface area contributed by atoms with Crippen molar-refractivity contribution in [2.75, 3.05) is 25.0 Å². The molecule has 2 unspecified atom stereocenters. The number of amides is 2. The molecule has 1 saturated heterocycles. The molecule has 210 valence electrons. The van der Waals surface area contributed by atoms with Gasteiger partial charge in [-0.15, -0.1) is 0 Å². The van der Waals surface area contributed by atoms with Crippen LogP contribution in [0.15, 0.2) is 35.3 Å². The summed E-state index contributed by atoms with van der Waals surface area (Å²) in [5, 5.41) is 9.61. The molecule has 3 aliphatic rings. The summed E-state index contributed by atoms with van der Waals surface area (Å²) in [5.41, 5.74) is 13.8. The van der Waals surface area contributed by atoms with Crippen molar-refractivity contribution < 1.29 is 9.59 Å². The first-order chi connectivity index (χ1) is 18.6. The van der Waals surface area contributed by atoms with Gasteiger partial charge in [-0.25, -0.2) is 9.59 Å². The number of benzene rings is 1. The van der Waals surface area contributed by atoms with Crippen molar-refractivity contribution in [2.24, 2.45) is 11.5 Å². The van der Waals surface area contributed by atoms with Crippen LogP contribution in [0.5, 0.6) is 0 Å². The number of aromatic nitrogens is 2. The molecule has 5 rings (SSSR count). The molecule has 2 amide bonds. The largest absolute Gasteiger partial charge is 0.354 e. The third kappa shape index (κ3) is 6.22. The highest BCUT2D eigenvalue weighted by molar-refractivity contribution is 5.97. The van der Waals surface area contributed by atoms with Gasteiger partial charge in [-0.2, -0.15) is 4.98 Å². The van der Waals surface area contributed by atoms with Gasteiger partial charge in [-0.1, -0.05) is 6.07 Å². The zero-order valence-electron chi connectivity index (χ0n) is 22.8. The van der Waals surface area contributed by atoms with Gasteiger partial charge in [-0.05, 0) is 81.7 Å². The van der Waals surface area contributed by atoms with E-state index in [0.717, 1.165) is 44.2 Å². The highest BCUT2D eigenvalue weighted by Crippen LogP contribution is 2.26. The van der Waals surface area contributed by atoms with Crippen molar-refractivity contribution in [3.8, 4) is 5.69 Å². The second kappa shape index (κ2) is 11.2. The average Bonchev–Trinajstić information content (AvgIpc) is 3.31. The molecule has 2 aliphatic carbocycles. The number of rotatable bonds is 6. The number of urea groups is 1. The maximum Gasteiger partial charge on any atom is 0.354 e. The van der Waals surface area contributed by atoms with Gasteiger partial charge in [0.25, 0.3) is 0 Å². The first kappa shape index (κ1) is 27.4. The van der Waals surface area contributed by atoms with Crippen molar-refractivity contribution in [2.45, 2.75) is 82.1 Å². The summed E-state index contributed by atoms with van der Waals surface area (Å²) in [4.78, 5) is 44.3. The van der Waals surface area contributed by atoms with Crippen LogP contribution in [0.3, 0.4) is 0 Å². The third-order valence-corrected chi connectivity index (χ3v) is 8.12. The van der Waals surface area contributed by atoms with Gasteiger partial charge in [-0.3, -0.25) is 14.7 Å². The molecule has 1 saturated carbocycles. The van der Waals surface area contributed by atoms with Gasteiger partial charge in [0.2, 0.25) is 0 Å². The molecule has 1 aromatic heterocycles. The van der Waals surface area contributed by atoms with Crippen LogP contribution in [0.4, 0.5) is 10.6 Å². The number of piperazine rings is 1. The normalized spacial score (nSPS) is 25.3. The molecular formula is C28H40N8O3. The quantitative estimate of drug-likeness (QED) is 0.360. The molecule has 1 aliphatic heterocycles. The number of anilines is 1. The summed E-state index contributed by atoms with van der Waals surface area (Å²) in [5.74, 6) is -0.0954. The van der Waals surface area contributed by atoms with E-state index in [2.05, 4.69) is 33.1 Å². The fourth-order valence-corrected chi connectivity index (χ4v) is 6.00. The van der Waals surface area contributed by atoms with Crippen LogP contribution >= 0.6 is 0 Å². The zero-order valence-corrected chi connectivity index (χ0v) is 22.8. The van der Waals surface area contributed by atoms with Crippen LogP contribution in [0, 0.1) is 0 Å². The van der Waals surface area contributed by atoms with E-state index in [4.69, 9.17) is 11.5 Å². The van der Waals surface area contributed by atoms with Gasteiger partial charge < -0.3 is 27.0 Å². The Kier molecular flexibility index (Phi) is 7.86. The molecule has 2 heterocycles. The summed E-state index contributed by atoms with van der Waals surface area (Å²) in [6, 6.07) is 7.80. The minimum atomic E-state index is -1.07. The fourth-order valence-electron chi connectivity index (χ4n) is 6.00. The maximum atomic E-state index is 13.0. The number of ketones is 1. The molecular weight excluding hydrogens is 496 g/mol. The second-order valence-corrected chi connectivity index (χ2v) is 11.7. The SMILES string of the molecule is CC(C)(N)C(=O)C1CNCCN1C(=O)Nc1ccn(-c2ccc3c(c2)CCC(N[C@H]2CC[C@H](N)C2)C3)c(=O)n1. The number of hydrogen-bond acceptors (Lipinski definition) is 8. The number of hydrogen-bond donors (Lipinski definition) is 5. The number of carbonyl (C=O) groups is 2. The van der Waals surface area contributed by atoms with E-state index in [0.29, 0.717) is 37.8 Å². The number of Topliss-reactive ketones (excluding diaryl/α,β-unsaturated/α-hetero) is 1. The lowest BCUT2D eigenvalue weighted by molar-refractivity contribution is -0.127. The summed E-state index contributed by atoms with van der Waals surface area (Å²) < 4.78 is 1.48. The molecule has 11 heteroatoms. The van der Waals surface area contributed by atoms with Gasteiger partial charge in [0, 0.05) is 44.0 Å². The summed E-state index contributed by atoms with van der Waals surface area (Å²) >= 11 is 0. The van der Waals surface area contributed by atoms with Gasteiger partial charge in [0.05, 0.1) is 11.2 Å². The summed E-state index contributed by atoms with van der Waals surface area (Å²) in [6.45, 7) is 4.48. The molecule has 0 radical (unpaired) electrons. The molecule has 2 fully saturated rings. The predicted octanol–water partition coefficient (Wildman–Crippen LogP) is 0.671. The van der Waals surface area contributed by atoms with Crippen molar-refractivity contribution in [3.05, 3.63) is 52.1 Å². The molecule has 11 nitrogen and oxygen atoms in total. The number of carbonyl (C=O) groups excluding carboxylic acids is 2. The first-order valence-corrected chi connectivity index (χ1v) is 13.9. The number of nitrogens with zero attached hydrogens (tertiary/aromatic N) is 3. The highest BCUT2D eigenvalue weighted by atomic mass is 16.2. The molecule has 2 aromatic rings. The smallest absolute Gasteiger partial charge is 0.328 e. The van der Waals surface area contributed by atoms with E-state index in [9.17, 15) is 14.4 Å². The molecule has 4 atom stereocenters. The topological polar surface area (TPSA) is 160 Å². The van der Waals surface area contributed by atoms with Gasteiger partial charge in [0.15, 0.2) is 5.78 Å². The third-order valence-electron chi connectivity index (χ3n) is 8.12. The number of fused-ring (bicyclic) bond motifs is 1. The van der Waals surface area contributed by atoms with Crippen molar-refractivity contribution >= 4 is 17.6 Å². The van der Waals surface area contributed by atoms with E-state index in [1.165, 1.54) is 20.6 Å². The van der Waals surface area contributed by atoms with E-state index in [1.807, 2.05) is 6.07 Å². The van der Waals surface area contributed by atoms with Crippen LogP contribution in [-0.4, -0.2) is 75.6 Å². The van der Waals surface area contributed by atoms with E-state index in [-0.39, 0.29) is 11.6 Å². The summed E-state index contributed by atoms with van der Waals surface area (Å²) in [6.07, 6.45) is 7.88. The highest BCUT2D eigenvalue weighted by Gasteiger charge is 2.38. The zero-order chi connectivity index (χ0) is 27.7. The van der Waals surface area contributed by atoms with Gasteiger partial charge >= 0.3 is 11.7 Å². The van der Waals surface area contributed by atoms with Crippen LogP contribution in [0.25, 0.3) is 5.69 Å². The lowest BCUT2D eigenvalue weighted by Gasteiger charge is -2.37. The van der Waals surface area contributed by atoms with E-state index >= 15 is 0 Å². The van der Waals surface area contributed by atoms with E-state index < -0.39 is 23.3 Å². The fraction of sp³-hybridized carbons (Fsp3) is 0.571. The van der Waals surface area contributed by atoms with Crippen LogP contribution in [-0.2, 0) is 17.6 Å². The molecule has 1 aromatic carbocycles. The molecule has 7 N–H and O–H groups in total. The lowest BCUT2D eigenvalue weighted by Crippen LogP contribution is -2.63. The van der Waals surface area contributed by atoms with Gasteiger partial charge in [0.1, 0.15) is 11.9 Å². The molecule has 0 spiro atoms. The van der Waals surface area contributed by atoms with Crippen molar-refractivity contribution in [1.82, 2.24) is 25.1 Å². The van der Waals surface area contributed by atoms with E-state index in [1.54, 1.807) is 26.1 Å². The Morgan fingerprint density at radius 3 is 2.67 bits per heavy atom. The standard InChI is InChI=1S/C28H40N8O3/c1-28(2,30)25(37)23-16-31-10-12-36(23)27(39)34-24-9-11-35(26(38)33-24)22-8-4-17-13-20(6-3-18(17)14-22)32-21-7-5-19(29)15-21/h4,8-9,11,14,19-21,23,31-32H,3,5-7,10,12-13,15-16,29-30H2,1-2H3,(H,33,34,38,39)/t19-,20?,21-,23?/m0/s1. The maximum absolute atomic E-state index is 13.0. The number of nitrogens with two attached hydrogens (primary N) is 2. The minimum absolute atomic E-state index is 0.136. The Balaban J connectivity index is 1.25. The van der Waals surface area contributed by atoms with Crippen LogP contribution in [0.2, 0.25) is 0 Å². The number of aryl methyl sites for hydroxylation is 1. The average molecular weight is 537 g/mol. The van der Waals surface area contributed by atoms with Crippen molar-refractivity contribution in [3.63, 3.8) is 0 Å². The molecule has 0 bridgehead atoms. The lowest BCUT2D eigenvalue weighted by atomic mass is 9.87. The van der Waals surface area contributed by atoms with Crippen LogP contribution in [0.1, 0.15) is 50.7 Å². The monoisotopic (exact) mass is 536 g/mol.